The van der Waals surface area contributed by atoms with Crippen molar-refractivity contribution in [1.29, 1.82) is 0 Å². The number of carbonyl (C=O) groups excluding carboxylic acids is 1. The fourth-order valence-corrected chi connectivity index (χ4v) is 4.87. The Morgan fingerprint density at radius 2 is 1.90 bits per heavy atom. The van der Waals surface area contributed by atoms with E-state index in [1.54, 1.807) is 23.3 Å². The predicted octanol–water partition coefficient (Wildman–Crippen LogP) is 4.83. The Labute approximate surface area is 232 Å². The molecule has 0 aliphatic carbocycles. The van der Waals surface area contributed by atoms with Crippen LogP contribution in [0.5, 0.6) is 5.75 Å². The lowest BCUT2D eigenvalue weighted by Gasteiger charge is -2.26. The van der Waals surface area contributed by atoms with Crippen molar-refractivity contribution in [2.24, 2.45) is 0 Å². The summed E-state index contributed by atoms with van der Waals surface area (Å²) in [7, 11) is 0. The van der Waals surface area contributed by atoms with Crippen molar-refractivity contribution in [3.63, 3.8) is 0 Å². The van der Waals surface area contributed by atoms with E-state index < -0.39 is 0 Å². The molecule has 5 aromatic rings. The third-order valence-electron chi connectivity index (χ3n) is 7.02. The number of ether oxygens (including phenoxy) is 2. The van der Waals surface area contributed by atoms with E-state index in [0.717, 1.165) is 67.1 Å². The maximum atomic E-state index is 13.0. The molecule has 1 amide bonds. The van der Waals surface area contributed by atoms with Crippen LogP contribution in [0.1, 0.15) is 22.3 Å². The second-order valence-electron chi connectivity index (χ2n) is 9.87. The van der Waals surface area contributed by atoms with Gasteiger partial charge < -0.3 is 19.8 Å². The summed E-state index contributed by atoms with van der Waals surface area (Å²) in [5.74, 6) is 0.604. The minimum Gasteiger partial charge on any atom is -0.494 e. The van der Waals surface area contributed by atoms with Gasteiger partial charge >= 0.3 is 0 Å². The molecule has 1 saturated heterocycles. The molecule has 1 aliphatic heterocycles. The molecule has 204 valence electrons. The van der Waals surface area contributed by atoms with Gasteiger partial charge in [0.25, 0.3) is 5.91 Å². The molecule has 9 nitrogen and oxygen atoms in total. The molecule has 40 heavy (non-hydrogen) atoms. The van der Waals surface area contributed by atoms with E-state index in [2.05, 4.69) is 25.3 Å². The molecule has 0 atom stereocenters. The molecule has 2 aromatic carbocycles. The van der Waals surface area contributed by atoms with Crippen molar-refractivity contribution >= 4 is 22.6 Å². The predicted molar refractivity (Wildman–Crippen MR) is 155 cm³/mol. The smallest absolute Gasteiger partial charge is 0.258 e. The zero-order chi connectivity index (χ0) is 27.1. The van der Waals surface area contributed by atoms with Crippen LogP contribution in [0.25, 0.3) is 22.2 Å². The number of anilines is 1. The average Bonchev–Trinajstić information content (AvgIpc) is 3.63. The number of aromatic nitrogens is 4. The van der Waals surface area contributed by atoms with E-state index in [0.29, 0.717) is 30.0 Å². The van der Waals surface area contributed by atoms with Gasteiger partial charge in [-0.3, -0.25) is 14.4 Å². The number of morpholine rings is 1. The van der Waals surface area contributed by atoms with Crippen LogP contribution in [0, 0.1) is 0 Å². The molecule has 1 aliphatic rings. The lowest BCUT2D eigenvalue weighted by atomic mass is 10.1. The largest absolute Gasteiger partial charge is 0.494 e. The van der Waals surface area contributed by atoms with Crippen LogP contribution >= 0.6 is 0 Å². The summed E-state index contributed by atoms with van der Waals surface area (Å²) in [6, 6.07) is 20.1. The molecule has 1 fully saturated rings. The molecule has 0 saturated carbocycles. The Bertz CT molecular complexity index is 1570. The first-order valence-corrected chi connectivity index (χ1v) is 13.6. The van der Waals surface area contributed by atoms with Gasteiger partial charge in [-0.15, -0.1) is 0 Å². The van der Waals surface area contributed by atoms with Gasteiger partial charge in [0.1, 0.15) is 11.4 Å². The highest BCUT2D eigenvalue weighted by atomic mass is 16.5. The number of pyridine rings is 1. The average molecular weight is 537 g/mol. The number of rotatable bonds is 10. The Morgan fingerprint density at radius 1 is 1.02 bits per heavy atom. The third-order valence-corrected chi connectivity index (χ3v) is 7.02. The third kappa shape index (κ3) is 6.22. The van der Waals surface area contributed by atoms with Gasteiger partial charge in [0.2, 0.25) is 0 Å². The molecule has 2 N–H and O–H groups in total. The van der Waals surface area contributed by atoms with Crippen LogP contribution in [0.15, 0.2) is 85.5 Å². The van der Waals surface area contributed by atoms with Gasteiger partial charge in [-0.2, -0.15) is 5.10 Å². The van der Waals surface area contributed by atoms with Gasteiger partial charge in [0.05, 0.1) is 43.8 Å². The first-order chi connectivity index (χ1) is 19.7. The molecule has 0 unspecified atom stereocenters. The normalized spacial score (nSPS) is 13.9. The van der Waals surface area contributed by atoms with Gasteiger partial charge in [-0.1, -0.05) is 42.5 Å². The Balaban J connectivity index is 1.11. The molecule has 0 spiro atoms. The second kappa shape index (κ2) is 12.1. The number of amides is 1. The van der Waals surface area contributed by atoms with Crippen molar-refractivity contribution < 1.29 is 14.3 Å². The molecular formula is C31H32N6O3. The number of hydrogen-bond acceptors (Lipinski definition) is 6. The fraction of sp³-hybridized carbons (Fsp3) is 0.258. The summed E-state index contributed by atoms with van der Waals surface area (Å²) in [5.41, 5.74) is 4.93. The Hall–Kier alpha value is -4.47. The number of nitrogens with zero attached hydrogens (tertiary/aromatic N) is 4. The van der Waals surface area contributed by atoms with Crippen LogP contribution in [-0.4, -0.2) is 70.0 Å². The highest BCUT2D eigenvalue weighted by Gasteiger charge is 2.14. The van der Waals surface area contributed by atoms with Crippen molar-refractivity contribution in [1.82, 2.24) is 24.6 Å². The van der Waals surface area contributed by atoms with Gasteiger partial charge in [-0.05, 0) is 35.7 Å². The van der Waals surface area contributed by atoms with Crippen molar-refractivity contribution in [2.45, 2.75) is 13.0 Å². The maximum Gasteiger partial charge on any atom is 0.258 e. The van der Waals surface area contributed by atoms with E-state index in [4.69, 9.17) is 9.47 Å². The lowest BCUT2D eigenvalue weighted by molar-refractivity contribution is 0.0358. The van der Waals surface area contributed by atoms with Crippen molar-refractivity contribution in [3.8, 4) is 16.9 Å². The number of fused-ring (bicyclic) bond motifs is 1. The SMILES string of the molecule is O=C(Nc1c[nH]c2ncc(-c3cccc(OCCCN4CCOCC4)c3)cc12)c1cnn(Cc2ccccc2)c1. The molecule has 6 rings (SSSR count). The van der Waals surface area contributed by atoms with E-state index >= 15 is 0 Å². The highest BCUT2D eigenvalue weighted by molar-refractivity contribution is 6.08. The van der Waals surface area contributed by atoms with Crippen LogP contribution in [-0.2, 0) is 11.3 Å². The van der Waals surface area contributed by atoms with Gasteiger partial charge in [-0.25, -0.2) is 4.98 Å². The van der Waals surface area contributed by atoms with Crippen molar-refractivity contribution in [2.75, 3.05) is 44.8 Å². The molecular weight excluding hydrogens is 504 g/mol. The molecule has 3 aromatic heterocycles. The maximum absolute atomic E-state index is 13.0. The van der Waals surface area contributed by atoms with E-state index in [-0.39, 0.29) is 5.91 Å². The fourth-order valence-electron chi connectivity index (χ4n) is 4.87. The number of nitrogens with one attached hydrogen (secondary N) is 2. The number of aromatic amines is 1. The van der Waals surface area contributed by atoms with Crippen LogP contribution < -0.4 is 10.1 Å². The minimum absolute atomic E-state index is 0.224. The zero-order valence-corrected chi connectivity index (χ0v) is 22.3. The highest BCUT2D eigenvalue weighted by Crippen LogP contribution is 2.29. The summed E-state index contributed by atoms with van der Waals surface area (Å²) in [4.78, 5) is 23.2. The summed E-state index contributed by atoms with van der Waals surface area (Å²) in [6.45, 7) is 5.88. The van der Waals surface area contributed by atoms with Crippen LogP contribution in [0.3, 0.4) is 0 Å². The van der Waals surface area contributed by atoms with Crippen molar-refractivity contribution in [3.05, 3.63) is 96.6 Å². The minimum atomic E-state index is -0.224. The number of benzene rings is 2. The summed E-state index contributed by atoms with van der Waals surface area (Å²) < 4.78 is 13.2. The Morgan fingerprint density at radius 3 is 2.77 bits per heavy atom. The Kier molecular flexibility index (Phi) is 7.83. The van der Waals surface area contributed by atoms with Gasteiger partial charge in [0, 0.05) is 49.2 Å². The van der Waals surface area contributed by atoms with E-state index in [1.807, 2.05) is 66.9 Å². The summed E-state index contributed by atoms with van der Waals surface area (Å²) in [5, 5.41) is 8.20. The molecule has 4 heterocycles. The monoisotopic (exact) mass is 536 g/mol. The molecule has 0 bridgehead atoms. The van der Waals surface area contributed by atoms with E-state index in [9.17, 15) is 4.79 Å². The van der Waals surface area contributed by atoms with Crippen LogP contribution in [0.2, 0.25) is 0 Å². The number of hydrogen-bond donors (Lipinski definition) is 2. The van der Waals surface area contributed by atoms with Gasteiger partial charge in [0.15, 0.2) is 0 Å². The molecule has 9 heteroatoms. The molecule has 0 radical (unpaired) electrons. The standard InChI is InChI=1S/C31H32N6O3/c38-31(26-19-34-37(22-26)21-23-6-2-1-3-7-23)35-29-20-33-30-28(29)17-25(18-32-30)24-8-4-9-27(16-24)40-13-5-10-36-11-14-39-15-12-36/h1-4,6-9,16-20,22H,5,10-15,21H2,(H,32,33)(H,35,38). The quantitative estimate of drug-likeness (QED) is 0.248. The first-order valence-electron chi connectivity index (χ1n) is 13.6. The van der Waals surface area contributed by atoms with E-state index in [1.165, 1.54) is 0 Å². The first kappa shape index (κ1) is 25.8. The topological polar surface area (TPSA) is 97.3 Å². The number of H-pyrrole nitrogens is 1. The lowest BCUT2D eigenvalue weighted by Crippen LogP contribution is -2.37. The van der Waals surface area contributed by atoms with Crippen LogP contribution in [0.4, 0.5) is 5.69 Å². The number of carbonyl (C=O) groups is 1. The zero-order valence-electron chi connectivity index (χ0n) is 22.3. The summed E-state index contributed by atoms with van der Waals surface area (Å²) >= 11 is 0. The summed E-state index contributed by atoms with van der Waals surface area (Å²) in [6.07, 6.45) is 7.91. The second-order valence-corrected chi connectivity index (χ2v) is 9.87.